The SMILES string of the molecule is Cc1ccc(F)c(NC(=O)C2(C(N)=S)CCC2)c1. The number of carbonyl (C=O) groups is 1. The van der Waals surface area contributed by atoms with E-state index in [1.807, 2.05) is 6.92 Å². The Bertz CT molecular complexity index is 512. The van der Waals surface area contributed by atoms with Crippen LogP contribution in [0.4, 0.5) is 10.1 Å². The predicted molar refractivity (Wildman–Crippen MR) is 72.8 cm³/mol. The molecule has 0 radical (unpaired) electrons. The number of halogens is 1. The molecule has 0 atom stereocenters. The van der Waals surface area contributed by atoms with Crippen LogP contribution in [0.5, 0.6) is 0 Å². The molecule has 1 aliphatic rings. The van der Waals surface area contributed by atoms with Gasteiger partial charge in [-0.2, -0.15) is 0 Å². The molecule has 3 nitrogen and oxygen atoms in total. The molecule has 0 aliphatic heterocycles. The van der Waals surface area contributed by atoms with Gasteiger partial charge in [-0.25, -0.2) is 4.39 Å². The lowest BCUT2D eigenvalue weighted by Gasteiger charge is -2.39. The molecule has 96 valence electrons. The molecule has 18 heavy (non-hydrogen) atoms. The molecule has 2 rings (SSSR count). The Morgan fingerprint density at radius 1 is 1.50 bits per heavy atom. The van der Waals surface area contributed by atoms with Crippen molar-refractivity contribution in [1.29, 1.82) is 0 Å². The molecular formula is C13H15FN2OS. The third-order valence-corrected chi connectivity index (χ3v) is 3.87. The molecule has 0 unspecified atom stereocenters. The van der Waals surface area contributed by atoms with Gasteiger partial charge in [0, 0.05) is 0 Å². The van der Waals surface area contributed by atoms with E-state index in [-0.39, 0.29) is 16.6 Å². The Labute approximate surface area is 111 Å². The summed E-state index contributed by atoms with van der Waals surface area (Å²) in [6.45, 7) is 1.84. The van der Waals surface area contributed by atoms with E-state index >= 15 is 0 Å². The fraction of sp³-hybridized carbons (Fsp3) is 0.385. The maximum Gasteiger partial charge on any atom is 0.237 e. The zero-order valence-corrected chi connectivity index (χ0v) is 10.9. The van der Waals surface area contributed by atoms with Crippen LogP contribution >= 0.6 is 12.2 Å². The lowest BCUT2D eigenvalue weighted by atomic mass is 9.68. The summed E-state index contributed by atoms with van der Waals surface area (Å²) in [4.78, 5) is 12.4. The highest BCUT2D eigenvalue weighted by molar-refractivity contribution is 7.80. The van der Waals surface area contributed by atoms with E-state index < -0.39 is 11.2 Å². The van der Waals surface area contributed by atoms with Crippen molar-refractivity contribution in [1.82, 2.24) is 0 Å². The number of aryl methyl sites for hydroxylation is 1. The molecule has 0 bridgehead atoms. The molecule has 1 aliphatic carbocycles. The Hall–Kier alpha value is -1.49. The Kier molecular flexibility index (Phi) is 3.34. The number of carbonyl (C=O) groups excluding carboxylic acids is 1. The first kappa shape index (κ1) is 13.0. The fourth-order valence-electron chi connectivity index (χ4n) is 2.09. The summed E-state index contributed by atoms with van der Waals surface area (Å²) in [5, 5.41) is 2.59. The van der Waals surface area contributed by atoms with Crippen molar-refractivity contribution in [3.8, 4) is 0 Å². The minimum Gasteiger partial charge on any atom is -0.392 e. The van der Waals surface area contributed by atoms with E-state index in [1.54, 1.807) is 12.1 Å². The van der Waals surface area contributed by atoms with E-state index in [0.717, 1.165) is 12.0 Å². The van der Waals surface area contributed by atoms with E-state index in [9.17, 15) is 9.18 Å². The molecule has 0 heterocycles. The molecule has 0 aromatic heterocycles. The van der Waals surface area contributed by atoms with Crippen molar-refractivity contribution in [2.45, 2.75) is 26.2 Å². The van der Waals surface area contributed by atoms with Crippen LogP contribution in [-0.4, -0.2) is 10.9 Å². The third kappa shape index (κ3) is 2.10. The van der Waals surface area contributed by atoms with Crippen molar-refractivity contribution in [3.05, 3.63) is 29.6 Å². The van der Waals surface area contributed by atoms with Crippen LogP contribution in [0.1, 0.15) is 24.8 Å². The number of hydrogen-bond acceptors (Lipinski definition) is 2. The number of anilines is 1. The van der Waals surface area contributed by atoms with Crippen LogP contribution in [0.3, 0.4) is 0 Å². The summed E-state index contributed by atoms with van der Waals surface area (Å²) >= 11 is 4.96. The molecule has 1 fully saturated rings. The van der Waals surface area contributed by atoms with E-state index in [1.165, 1.54) is 6.07 Å². The highest BCUT2D eigenvalue weighted by atomic mass is 32.1. The second-order valence-corrected chi connectivity index (χ2v) is 5.18. The maximum atomic E-state index is 13.6. The minimum atomic E-state index is -0.786. The van der Waals surface area contributed by atoms with Gasteiger partial charge in [-0.05, 0) is 37.5 Å². The largest absolute Gasteiger partial charge is 0.392 e. The standard InChI is InChI=1S/C13H15FN2OS/c1-8-3-4-9(14)10(7-8)16-12(17)13(11(15)18)5-2-6-13/h3-4,7H,2,5-6H2,1H3,(H2,15,18)(H,16,17). The summed E-state index contributed by atoms with van der Waals surface area (Å²) in [5.74, 6) is -0.753. The first-order chi connectivity index (χ1) is 8.45. The van der Waals surface area contributed by atoms with Crippen LogP contribution in [0.2, 0.25) is 0 Å². The third-order valence-electron chi connectivity index (χ3n) is 3.48. The first-order valence-corrected chi connectivity index (χ1v) is 6.24. The van der Waals surface area contributed by atoms with Crippen LogP contribution in [0.25, 0.3) is 0 Å². The molecule has 1 aromatic carbocycles. The van der Waals surface area contributed by atoms with E-state index in [4.69, 9.17) is 18.0 Å². The fourth-order valence-corrected chi connectivity index (χ4v) is 2.39. The van der Waals surface area contributed by atoms with E-state index in [2.05, 4.69) is 5.32 Å². The van der Waals surface area contributed by atoms with Gasteiger partial charge in [0.2, 0.25) is 5.91 Å². The summed E-state index contributed by atoms with van der Waals surface area (Å²) < 4.78 is 13.6. The number of rotatable bonds is 3. The van der Waals surface area contributed by atoms with Gasteiger partial charge in [-0.3, -0.25) is 4.79 Å². The molecule has 1 amide bonds. The van der Waals surface area contributed by atoms with Crippen LogP contribution < -0.4 is 11.1 Å². The van der Waals surface area contributed by atoms with Crippen molar-refractivity contribution >= 4 is 28.8 Å². The van der Waals surface area contributed by atoms with Gasteiger partial charge in [0.25, 0.3) is 0 Å². The molecule has 1 aromatic rings. The van der Waals surface area contributed by atoms with Gasteiger partial charge in [0.1, 0.15) is 5.82 Å². The van der Waals surface area contributed by atoms with Crippen molar-refractivity contribution in [2.75, 3.05) is 5.32 Å². The van der Waals surface area contributed by atoms with Gasteiger partial charge in [-0.15, -0.1) is 0 Å². The number of benzene rings is 1. The molecule has 3 N–H and O–H groups in total. The number of nitrogens with one attached hydrogen (secondary N) is 1. The molecule has 1 saturated carbocycles. The van der Waals surface area contributed by atoms with Crippen molar-refractivity contribution in [2.24, 2.45) is 11.1 Å². The number of thiocarbonyl (C=S) groups is 1. The van der Waals surface area contributed by atoms with Crippen molar-refractivity contribution < 1.29 is 9.18 Å². The monoisotopic (exact) mass is 266 g/mol. The number of hydrogen-bond donors (Lipinski definition) is 2. The Morgan fingerprint density at radius 2 is 2.17 bits per heavy atom. The summed E-state index contributed by atoms with van der Waals surface area (Å²) in [7, 11) is 0. The number of amides is 1. The molecular weight excluding hydrogens is 251 g/mol. The normalized spacial score (nSPS) is 16.8. The lowest BCUT2D eigenvalue weighted by Crippen LogP contribution is -2.50. The highest BCUT2D eigenvalue weighted by Gasteiger charge is 2.47. The van der Waals surface area contributed by atoms with Crippen LogP contribution in [0, 0.1) is 18.2 Å². The summed E-state index contributed by atoms with van der Waals surface area (Å²) in [6.07, 6.45) is 2.20. The molecule has 0 saturated heterocycles. The zero-order chi connectivity index (χ0) is 13.3. The Balaban J connectivity index is 2.21. The Morgan fingerprint density at radius 3 is 2.67 bits per heavy atom. The average molecular weight is 266 g/mol. The second-order valence-electron chi connectivity index (χ2n) is 4.74. The predicted octanol–water partition coefficient (Wildman–Crippen LogP) is 2.53. The lowest BCUT2D eigenvalue weighted by molar-refractivity contribution is -0.125. The highest BCUT2D eigenvalue weighted by Crippen LogP contribution is 2.42. The van der Waals surface area contributed by atoms with Gasteiger partial charge in [-0.1, -0.05) is 24.7 Å². The smallest absolute Gasteiger partial charge is 0.237 e. The zero-order valence-electron chi connectivity index (χ0n) is 10.1. The number of nitrogens with two attached hydrogens (primary N) is 1. The van der Waals surface area contributed by atoms with Crippen LogP contribution in [-0.2, 0) is 4.79 Å². The second kappa shape index (κ2) is 4.65. The summed E-state index contributed by atoms with van der Waals surface area (Å²) in [5.41, 5.74) is 5.91. The molecule has 0 spiro atoms. The van der Waals surface area contributed by atoms with Gasteiger partial charge in [0.15, 0.2) is 0 Å². The van der Waals surface area contributed by atoms with Crippen LogP contribution in [0.15, 0.2) is 18.2 Å². The summed E-state index contributed by atoms with van der Waals surface area (Å²) in [6, 6.07) is 4.58. The van der Waals surface area contributed by atoms with Gasteiger partial charge >= 0.3 is 0 Å². The maximum absolute atomic E-state index is 13.6. The van der Waals surface area contributed by atoms with Gasteiger partial charge < -0.3 is 11.1 Å². The minimum absolute atomic E-state index is 0.183. The topological polar surface area (TPSA) is 55.1 Å². The average Bonchev–Trinajstić information content (AvgIpc) is 2.21. The van der Waals surface area contributed by atoms with E-state index in [0.29, 0.717) is 12.8 Å². The van der Waals surface area contributed by atoms with Gasteiger partial charge in [0.05, 0.1) is 16.1 Å². The quantitative estimate of drug-likeness (QED) is 0.827. The molecule has 5 heteroatoms. The van der Waals surface area contributed by atoms with Crippen molar-refractivity contribution in [3.63, 3.8) is 0 Å². The first-order valence-electron chi connectivity index (χ1n) is 5.83.